The highest BCUT2D eigenvalue weighted by Gasteiger charge is 2.34. The standard InChI is InChI=1S/C11H14ClF3N2/c1-17(2)7-6-16-10-8(11(13,14)15)4-3-5-9(10)12/h3-5,16H,6-7H2,1-2H3. The Kier molecular flexibility index (Phi) is 4.65. The first-order valence-electron chi connectivity index (χ1n) is 5.06. The Balaban J connectivity index is 2.89. The SMILES string of the molecule is CN(C)CCNc1c(Cl)cccc1C(F)(F)F. The second-order valence-electron chi connectivity index (χ2n) is 3.89. The maximum atomic E-state index is 12.7. The second-order valence-corrected chi connectivity index (χ2v) is 4.30. The molecule has 0 atom stereocenters. The molecule has 1 aromatic carbocycles. The van der Waals surface area contributed by atoms with Gasteiger partial charge in [-0.1, -0.05) is 17.7 Å². The normalized spacial score (nSPS) is 11.9. The average molecular weight is 267 g/mol. The summed E-state index contributed by atoms with van der Waals surface area (Å²) in [7, 11) is 3.69. The van der Waals surface area contributed by atoms with Crippen molar-refractivity contribution in [1.82, 2.24) is 4.90 Å². The summed E-state index contributed by atoms with van der Waals surface area (Å²) < 4.78 is 38.1. The van der Waals surface area contributed by atoms with E-state index in [4.69, 9.17) is 11.6 Å². The molecule has 0 unspecified atom stereocenters. The van der Waals surface area contributed by atoms with Crippen LogP contribution in [0.3, 0.4) is 0 Å². The van der Waals surface area contributed by atoms with Gasteiger partial charge in [-0.2, -0.15) is 13.2 Å². The van der Waals surface area contributed by atoms with E-state index in [1.54, 1.807) is 0 Å². The number of benzene rings is 1. The minimum Gasteiger partial charge on any atom is -0.382 e. The molecule has 6 heteroatoms. The van der Waals surface area contributed by atoms with Crippen molar-refractivity contribution < 1.29 is 13.2 Å². The van der Waals surface area contributed by atoms with Gasteiger partial charge in [0.1, 0.15) is 0 Å². The third-order valence-electron chi connectivity index (χ3n) is 2.18. The van der Waals surface area contributed by atoms with Gasteiger partial charge in [0.15, 0.2) is 0 Å². The number of nitrogens with zero attached hydrogens (tertiary/aromatic N) is 1. The van der Waals surface area contributed by atoms with E-state index in [1.165, 1.54) is 12.1 Å². The molecule has 0 aromatic heterocycles. The lowest BCUT2D eigenvalue weighted by atomic mass is 10.1. The molecule has 96 valence electrons. The highest BCUT2D eigenvalue weighted by molar-refractivity contribution is 6.33. The first-order chi connectivity index (χ1) is 7.82. The number of anilines is 1. The van der Waals surface area contributed by atoms with Gasteiger partial charge in [0, 0.05) is 13.1 Å². The number of hydrogen-bond acceptors (Lipinski definition) is 2. The van der Waals surface area contributed by atoms with Crippen LogP contribution < -0.4 is 5.32 Å². The van der Waals surface area contributed by atoms with E-state index in [-0.39, 0.29) is 10.7 Å². The molecule has 0 aliphatic carbocycles. The Morgan fingerprint density at radius 3 is 2.47 bits per heavy atom. The maximum absolute atomic E-state index is 12.7. The van der Waals surface area contributed by atoms with Crippen molar-refractivity contribution in [2.45, 2.75) is 6.18 Å². The molecule has 0 spiro atoms. The summed E-state index contributed by atoms with van der Waals surface area (Å²) in [5, 5.41) is 2.81. The van der Waals surface area contributed by atoms with Crippen molar-refractivity contribution >= 4 is 17.3 Å². The highest BCUT2D eigenvalue weighted by Crippen LogP contribution is 2.38. The Hall–Kier alpha value is -0.940. The van der Waals surface area contributed by atoms with E-state index < -0.39 is 11.7 Å². The molecule has 17 heavy (non-hydrogen) atoms. The van der Waals surface area contributed by atoms with Gasteiger partial charge in [-0.25, -0.2) is 0 Å². The van der Waals surface area contributed by atoms with Crippen LogP contribution in [0.25, 0.3) is 0 Å². The molecule has 0 bridgehead atoms. The number of nitrogens with one attached hydrogen (secondary N) is 1. The van der Waals surface area contributed by atoms with Crippen LogP contribution in [-0.2, 0) is 6.18 Å². The Labute approximate surface area is 103 Å². The summed E-state index contributed by atoms with van der Waals surface area (Å²) in [5.41, 5.74) is -0.785. The predicted molar refractivity (Wildman–Crippen MR) is 63.5 cm³/mol. The molecule has 0 amide bonds. The summed E-state index contributed by atoms with van der Waals surface area (Å²) in [5.74, 6) is 0. The highest BCUT2D eigenvalue weighted by atomic mass is 35.5. The molecule has 2 nitrogen and oxygen atoms in total. The summed E-state index contributed by atoms with van der Waals surface area (Å²) in [6.07, 6.45) is -4.40. The average Bonchev–Trinajstić information content (AvgIpc) is 2.18. The van der Waals surface area contributed by atoms with Crippen molar-refractivity contribution in [3.63, 3.8) is 0 Å². The summed E-state index contributed by atoms with van der Waals surface area (Å²) in [6.45, 7) is 1.03. The van der Waals surface area contributed by atoms with Crippen LogP contribution in [0.1, 0.15) is 5.56 Å². The van der Waals surface area contributed by atoms with Gasteiger partial charge in [0.05, 0.1) is 16.3 Å². The number of halogens is 4. The topological polar surface area (TPSA) is 15.3 Å². The summed E-state index contributed by atoms with van der Waals surface area (Å²) in [6, 6.07) is 3.75. The molecule has 0 aliphatic heterocycles. The molecule has 0 radical (unpaired) electrons. The van der Waals surface area contributed by atoms with Crippen LogP contribution in [-0.4, -0.2) is 32.1 Å². The van der Waals surface area contributed by atoms with Crippen molar-refractivity contribution in [3.05, 3.63) is 28.8 Å². The van der Waals surface area contributed by atoms with Crippen LogP contribution in [0.2, 0.25) is 5.02 Å². The third-order valence-corrected chi connectivity index (χ3v) is 2.49. The van der Waals surface area contributed by atoms with E-state index in [0.717, 1.165) is 6.07 Å². The largest absolute Gasteiger partial charge is 0.418 e. The zero-order valence-corrected chi connectivity index (χ0v) is 10.4. The van der Waals surface area contributed by atoms with Crippen LogP contribution in [0.4, 0.5) is 18.9 Å². The van der Waals surface area contributed by atoms with E-state index in [1.807, 2.05) is 19.0 Å². The Morgan fingerprint density at radius 2 is 1.94 bits per heavy atom. The molecule has 1 rings (SSSR count). The molecule has 0 fully saturated rings. The minimum atomic E-state index is -4.40. The van der Waals surface area contributed by atoms with Crippen molar-refractivity contribution in [2.75, 3.05) is 32.5 Å². The minimum absolute atomic E-state index is 0.0523. The van der Waals surface area contributed by atoms with Crippen LogP contribution in [0.5, 0.6) is 0 Å². The molecular weight excluding hydrogens is 253 g/mol. The van der Waals surface area contributed by atoms with Crippen LogP contribution in [0.15, 0.2) is 18.2 Å². The number of rotatable bonds is 4. The zero-order valence-electron chi connectivity index (χ0n) is 9.61. The van der Waals surface area contributed by atoms with E-state index >= 15 is 0 Å². The fraction of sp³-hybridized carbons (Fsp3) is 0.455. The molecule has 0 heterocycles. The van der Waals surface area contributed by atoms with Crippen LogP contribution >= 0.6 is 11.6 Å². The maximum Gasteiger partial charge on any atom is 0.418 e. The van der Waals surface area contributed by atoms with Crippen molar-refractivity contribution in [3.8, 4) is 0 Å². The van der Waals surface area contributed by atoms with Gasteiger partial charge in [-0.05, 0) is 26.2 Å². The fourth-order valence-electron chi connectivity index (χ4n) is 1.34. The number of likely N-dealkylation sites (N-methyl/N-ethyl adjacent to an activating group) is 1. The Morgan fingerprint density at radius 1 is 1.29 bits per heavy atom. The number of hydrogen-bond donors (Lipinski definition) is 1. The number of alkyl halides is 3. The van der Waals surface area contributed by atoms with Gasteiger partial charge in [-0.15, -0.1) is 0 Å². The molecule has 0 saturated carbocycles. The smallest absolute Gasteiger partial charge is 0.382 e. The lowest BCUT2D eigenvalue weighted by Gasteiger charge is -2.17. The van der Waals surface area contributed by atoms with Gasteiger partial charge in [0.25, 0.3) is 0 Å². The molecule has 1 aromatic rings. The van der Waals surface area contributed by atoms with Gasteiger partial charge in [-0.3, -0.25) is 0 Å². The fourth-order valence-corrected chi connectivity index (χ4v) is 1.59. The first-order valence-corrected chi connectivity index (χ1v) is 5.44. The summed E-state index contributed by atoms with van der Waals surface area (Å²) >= 11 is 5.77. The van der Waals surface area contributed by atoms with Gasteiger partial charge < -0.3 is 10.2 Å². The molecular formula is C11H14ClF3N2. The van der Waals surface area contributed by atoms with E-state index in [9.17, 15) is 13.2 Å². The first kappa shape index (κ1) is 14.1. The molecule has 0 aliphatic rings. The molecule has 0 saturated heterocycles. The monoisotopic (exact) mass is 266 g/mol. The van der Waals surface area contributed by atoms with Crippen LogP contribution in [0, 0.1) is 0 Å². The van der Waals surface area contributed by atoms with Crippen molar-refractivity contribution in [1.29, 1.82) is 0 Å². The Bertz CT molecular complexity index is 377. The zero-order chi connectivity index (χ0) is 13.1. The van der Waals surface area contributed by atoms with Gasteiger partial charge >= 0.3 is 6.18 Å². The summed E-state index contributed by atoms with van der Waals surface area (Å²) in [4.78, 5) is 1.87. The van der Waals surface area contributed by atoms with E-state index in [0.29, 0.717) is 13.1 Å². The van der Waals surface area contributed by atoms with E-state index in [2.05, 4.69) is 5.32 Å². The quantitative estimate of drug-likeness (QED) is 0.899. The lowest BCUT2D eigenvalue weighted by molar-refractivity contribution is -0.136. The second kappa shape index (κ2) is 5.60. The lowest BCUT2D eigenvalue weighted by Crippen LogP contribution is -2.22. The third kappa shape index (κ3) is 4.09. The molecule has 1 N–H and O–H groups in total. The van der Waals surface area contributed by atoms with Gasteiger partial charge in [0.2, 0.25) is 0 Å². The number of para-hydroxylation sites is 1. The predicted octanol–water partition coefficient (Wildman–Crippen LogP) is 3.33. The van der Waals surface area contributed by atoms with Crippen molar-refractivity contribution in [2.24, 2.45) is 0 Å².